The van der Waals surface area contributed by atoms with Crippen LogP contribution < -0.4 is 5.73 Å². The van der Waals surface area contributed by atoms with Crippen LogP contribution in [0.2, 0.25) is 5.02 Å². The van der Waals surface area contributed by atoms with Gasteiger partial charge in [0.15, 0.2) is 0 Å². The average Bonchev–Trinajstić information content (AvgIpc) is 2.74. The maximum atomic E-state index is 6.19. The van der Waals surface area contributed by atoms with Gasteiger partial charge >= 0.3 is 0 Å². The number of hydrogen-bond donors (Lipinski definition) is 1. The molecule has 1 heterocycles. The van der Waals surface area contributed by atoms with Crippen LogP contribution in [0.3, 0.4) is 0 Å². The number of nitrogens with two attached hydrogens (primary N) is 1. The van der Waals surface area contributed by atoms with Crippen molar-refractivity contribution < 1.29 is 4.42 Å². The molecule has 0 aliphatic rings. The van der Waals surface area contributed by atoms with Crippen molar-refractivity contribution in [3.63, 3.8) is 0 Å². The number of benzene rings is 1. The van der Waals surface area contributed by atoms with E-state index in [0.717, 1.165) is 21.7 Å². The molecule has 15 heavy (non-hydrogen) atoms. The zero-order valence-electron chi connectivity index (χ0n) is 8.41. The highest BCUT2D eigenvalue weighted by atomic mass is 35.5. The Morgan fingerprint density at radius 3 is 2.80 bits per heavy atom. The highest BCUT2D eigenvalue weighted by molar-refractivity contribution is 6.32. The van der Waals surface area contributed by atoms with Crippen molar-refractivity contribution in [2.24, 2.45) is 5.73 Å². The Hall–Kier alpha value is -1.25. The van der Waals surface area contributed by atoms with Crippen LogP contribution in [0.25, 0.3) is 0 Å². The van der Waals surface area contributed by atoms with Gasteiger partial charge in [-0.3, -0.25) is 0 Å². The van der Waals surface area contributed by atoms with Crippen molar-refractivity contribution in [2.45, 2.75) is 13.0 Å². The largest absolute Gasteiger partial charge is 0.472 e. The van der Waals surface area contributed by atoms with E-state index in [-0.39, 0.29) is 6.04 Å². The molecule has 0 bridgehead atoms. The van der Waals surface area contributed by atoms with Crippen LogP contribution >= 0.6 is 11.6 Å². The van der Waals surface area contributed by atoms with Crippen LogP contribution in [-0.2, 0) is 0 Å². The molecule has 2 N–H and O–H groups in total. The smallest absolute Gasteiger partial charge is 0.0953 e. The summed E-state index contributed by atoms with van der Waals surface area (Å²) in [7, 11) is 0. The molecule has 0 spiro atoms. The summed E-state index contributed by atoms with van der Waals surface area (Å²) in [6.07, 6.45) is 3.25. The molecule has 0 radical (unpaired) electrons. The van der Waals surface area contributed by atoms with Crippen LogP contribution in [0.15, 0.2) is 41.2 Å². The first kappa shape index (κ1) is 10.3. The maximum Gasteiger partial charge on any atom is 0.0953 e. The van der Waals surface area contributed by atoms with Crippen molar-refractivity contribution in [2.75, 3.05) is 0 Å². The van der Waals surface area contributed by atoms with Gasteiger partial charge in [-0.1, -0.05) is 29.8 Å². The molecule has 1 aromatic heterocycles. The molecule has 1 unspecified atom stereocenters. The van der Waals surface area contributed by atoms with Crippen molar-refractivity contribution in [1.82, 2.24) is 0 Å². The Balaban J connectivity index is 2.42. The zero-order valence-corrected chi connectivity index (χ0v) is 9.16. The Kier molecular flexibility index (Phi) is 2.80. The number of halogens is 1. The lowest BCUT2D eigenvalue weighted by atomic mass is 10.0. The van der Waals surface area contributed by atoms with E-state index in [2.05, 4.69) is 0 Å². The second-order valence-electron chi connectivity index (χ2n) is 3.51. The van der Waals surface area contributed by atoms with Crippen molar-refractivity contribution in [1.29, 1.82) is 0 Å². The summed E-state index contributed by atoms with van der Waals surface area (Å²) in [5, 5.41) is 0.728. The fourth-order valence-corrected chi connectivity index (χ4v) is 1.79. The molecule has 0 aliphatic carbocycles. The molecule has 0 saturated heterocycles. The second kappa shape index (κ2) is 4.09. The van der Waals surface area contributed by atoms with Gasteiger partial charge in [-0.2, -0.15) is 0 Å². The van der Waals surface area contributed by atoms with Gasteiger partial charge in [-0.25, -0.2) is 0 Å². The molecule has 1 aromatic carbocycles. The summed E-state index contributed by atoms with van der Waals surface area (Å²) in [5.74, 6) is 0. The minimum absolute atomic E-state index is 0.226. The first-order valence-corrected chi connectivity index (χ1v) is 5.10. The van der Waals surface area contributed by atoms with E-state index in [4.69, 9.17) is 21.8 Å². The van der Waals surface area contributed by atoms with Crippen molar-refractivity contribution in [3.8, 4) is 0 Å². The summed E-state index contributed by atoms with van der Waals surface area (Å²) in [6.45, 7) is 1.97. The van der Waals surface area contributed by atoms with Gasteiger partial charge in [0.2, 0.25) is 0 Å². The van der Waals surface area contributed by atoms with Gasteiger partial charge in [-0.15, -0.1) is 0 Å². The summed E-state index contributed by atoms with van der Waals surface area (Å²) in [6, 6.07) is 7.48. The topological polar surface area (TPSA) is 39.2 Å². The third-order valence-electron chi connectivity index (χ3n) is 2.46. The molecule has 0 amide bonds. The zero-order chi connectivity index (χ0) is 10.8. The Labute approximate surface area is 93.7 Å². The summed E-state index contributed by atoms with van der Waals surface area (Å²) in [5.41, 5.74) is 8.98. The lowest BCUT2D eigenvalue weighted by Gasteiger charge is -2.13. The molecule has 1 atom stereocenters. The predicted molar refractivity (Wildman–Crippen MR) is 60.9 cm³/mol. The number of furan rings is 1. The molecule has 0 aliphatic heterocycles. The van der Waals surface area contributed by atoms with E-state index >= 15 is 0 Å². The summed E-state index contributed by atoms with van der Waals surface area (Å²) in [4.78, 5) is 0. The molecule has 2 nitrogen and oxygen atoms in total. The molecular formula is C12H12ClNO. The van der Waals surface area contributed by atoms with Gasteiger partial charge in [-0.05, 0) is 24.1 Å². The van der Waals surface area contributed by atoms with Crippen LogP contribution in [0.1, 0.15) is 22.7 Å². The lowest BCUT2D eigenvalue weighted by Crippen LogP contribution is -2.11. The fraction of sp³-hybridized carbons (Fsp3) is 0.167. The first-order chi connectivity index (χ1) is 7.20. The van der Waals surface area contributed by atoms with E-state index in [1.54, 1.807) is 12.5 Å². The first-order valence-electron chi connectivity index (χ1n) is 4.73. The van der Waals surface area contributed by atoms with Gasteiger partial charge in [0, 0.05) is 10.6 Å². The average molecular weight is 222 g/mol. The van der Waals surface area contributed by atoms with Crippen molar-refractivity contribution in [3.05, 3.63) is 58.5 Å². The molecule has 2 aromatic rings. The van der Waals surface area contributed by atoms with E-state index in [1.165, 1.54) is 0 Å². The number of hydrogen-bond acceptors (Lipinski definition) is 2. The van der Waals surface area contributed by atoms with E-state index in [0.29, 0.717) is 0 Å². The standard InChI is InChI=1S/C12H12ClNO/c1-8-3-2-4-10(11(8)13)12(14)9-5-6-15-7-9/h2-7,12H,14H2,1H3. The molecule has 3 heteroatoms. The van der Waals surface area contributed by atoms with Crippen LogP contribution in [-0.4, -0.2) is 0 Å². The van der Waals surface area contributed by atoms with Crippen LogP contribution in [0.5, 0.6) is 0 Å². The Morgan fingerprint density at radius 1 is 1.33 bits per heavy atom. The van der Waals surface area contributed by atoms with E-state index in [1.807, 2.05) is 31.2 Å². The Bertz CT molecular complexity index is 451. The normalized spacial score (nSPS) is 12.7. The van der Waals surface area contributed by atoms with Crippen LogP contribution in [0, 0.1) is 6.92 Å². The Morgan fingerprint density at radius 2 is 2.13 bits per heavy atom. The highest BCUT2D eigenvalue weighted by Crippen LogP contribution is 2.28. The van der Waals surface area contributed by atoms with E-state index in [9.17, 15) is 0 Å². The quantitative estimate of drug-likeness (QED) is 0.845. The number of rotatable bonds is 2. The fourth-order valence-electron chi connectivity index (χ4n) is 1.54. The van der Waals surface area contributed by atoms with E-state index < -0.39 is 0 Å². The molecule has 2 rings (SSSR count). The summed E-state index contributed by atoms with van der Waals surface area (Å²) >= 11 is 6.19. The summed E-state index contributed by atoms with van der Waals surface area (Å²) < 4.78 is 5.00. The maximum absolute atomic E-state index is 6.19. The second-order valence-corrected chi connectivity index (χ2v) is 3.89. The lowest BCUT2D eigenvalue weighted by molar-refractivity contribution is 0.562. The van der Waals surface area contributed by atoms with Crippen molar-refractivity contribution >= 4 is 11.6 Å². The monoisotopic (exact) mass is 221 g/mol. The third kappa shape index (κ3) is 1.91. The number of aryl methyl sites for hydroxylation is 1. The van der Waals surface area contributed by atoms with Gasteiger partial charge in [0.05, 0.1) is 18.6 Å². The SMILES string of the molecule is Cc1cccc(C(N)c2ccoc2)c1Cl. The molecule has 78 valence electrons. The predicted octanol–water partition coefficient (Wildman–Crippen LogP) is 3.29. The highest BCUT2D eigenvalue weighted by Gasteiger charge is 2.14. The molecule has 0 fully saturated rings. The molecule has 0 saturated carbocycles. The van der Waals surface area contributed by atoms with Gasteiger partial charge < -0.3 is 10.2 Å². The van der Waals surface area contributed by atoms with Gasteiger partial charge in [0.25, 0.3) is 0 Å². The molecular weight excluding hydrogens is 210 g/mol. The third-order valence-corrected chi connectivity index (χ3v) is 2.98. The minimum Gasteiger partial charge on any atom is -0.472 e. The van der Waals surface area contributed by atoms with Gasteiger partial charge in [0.1, 0.15) is 0 Å². The minimum atomic E-state index is -0.226. The van der Waals surface area contributed by atoms with Crippen LogP contribution in [0.4, 0.5) is 0 Å².